The summed E-state index contributed by atoms with van der Waals surface area (Å²) >= 11 is 0. The molecule has 0 aromatic carbocycles. The molecule has 0 aliphatic rings. The summed E-state index contributed by atoms with van der Waals surface area (Å²) in [4.78, 5) is 13.7. The summed E-state index contributed by atoms with van der Waals surface area (Å²) in [6.07, 6.45) is -4.93. The number of alkyl halides is 3. The first-order valence-electron chi connectivity index (χ1n) is 4.54. The molecule has 0 aliphatic heterocycles. The predicted octanol–water partition coefficient (Wildman–Crippen LogP) is 2.36. The van der Waals surface area contributed by atoms with Crippen LogP contribution in [-0.2, 0) is 6.18 Å². The minimum Gasteiger partial charge on any atom is -0.475 e. The van der Waals surface area contributed by atoms with Gasteiger partial charge in [-0.2, -0.15) is 13.2 Å². The number of aryl methyl sites for hydroxylation is 1. The zero-order chi connectivity index (χ0) is 13.5. The molecule has 0 saturated carbocycles. The van der Waals surface area contributed by atoms with Crippen LogP contribution in [0.15, 0.2) is 15.0 Å². The van der Waals surface area contributed by atoms with Crippen LogP contribution in [0, 0.1) is 6.92 Å². The van der Waals surface area contributed by atoms with Crippen molar-refractivity contribution in [1.82, 2.24) is 10.1 Å². The molecule has 0 saturated heterocycles. The second-order valence-electron chi connectivity index (χ2n) is 3.33. The number of aromatic carboxylic acids is 1. The number of hydrogen-bond acceptors (Lipinski definition) is 5. The minimum absolute atomic E-state index is 0.175. The quantitative estimate of drug-likeness (QED) is 0.893. The summed E-state index contributed by atoms with van der Waals surface area (Å²) in [5, 5.41) is 12.0. The number of carboxylic acid groups (broad SMARTS) is 1. The maximum atomic E-state index is 12.5. The summed E-state index contributed by atoms with van der Waals surface area (Å²) in [5.74, 6) is -3.91. The molecule has 9 heteroatoms. The molecule has 0 fully saturated rings. The third-order valence-electron chi connectivity index (χ3n) is 1.93. The number of carbonyl (C=O) groups is 1. The van der Waals surface area contributed by atoms with E-state index in [-0.39, 0.29) is 5.76 Å². The Balaban J connectivity index is 2.56. The highest BCUT2D eigenvalue weighted by Crippen LogP contribution is 2.34. The minimum atomic E-state index is -4.93. The van der Waals surface area contributed by atoms with Crippen molar-refractivity contribution in [3.63, 3.8) is 0 Å². The van der Waals surface area contributed by atoms with E-state index in [0.29, 0.717) is 5.69 Å². The number of oxazole rings is 1. The highest BCUT2D eigenvalue weighted by Gasteiger charge is 2.41. The smallest absolute Gasteiger partial charge is 0.437 e. The van der Waals surface area contributed by atoms with Gasteiger partial charge < -0.3 is 14.0 Å². The topological polar surface area (TPSA) is 89.4 Å². The normalized spacial score (nSPS) is 11.8. The Morgan fingerprint density at radius 3 is 2.50 bits per heavy atom. The van der Waals surface area contributed by atoms with Crippen LogP contribution in [0.2, 0.25) is 0 Å². The van der Waals surface area contributed by atoms with Crippen LogP contribution in [-0.4, -0.2) is 21.2 Å². The Hall–Kier alpha value is -2.32. The molecular weight excluding hydrogens is 257 g/mol. The van der Waals surface area contributed by atoms with Crippen LogP contribution in [0.5, 0.6) is 0 Å². The van der Waals surface area contributed by atoms with Crippen molar-refractivity contribution in [2.24, 2.45) is 0 Å². The van der Waals surface area contributed by atoms with Crippen LogP contribution in [0.25, 0.3) is 11.7 Å². The van der Waals surface area contributed by atoms with E-state index in [1.54, 1.807) is 6.92 Å². The van der Waals surface area contributed by atoms with Crippen LogP contribution in [0.3, 0.4) is 0 Å². The maximum absolute atomic E-state index is 12.5. The van der Waals surface area contributed by atoms with Gasteiger partial charge in [0.05, 0.1) is 5.69 Å². The Morgan fingerprint density at radius 2 is 2.11 bits per heavy atom. The van der Waals surface area contributed by atoms with Crippen LogP contribution in [0.1, 0.15) is 21.9 Å². The lowest BCUT2D eigenvalue weighted by Crippen LogP contribution is -2.11. The molecule has 18 heavy (non-hydrogen) atoms. The first-order valence-corrected chi connectivity index (χ1v) is 4.54. The standard InChI is InChI=1S/C9H5F3N2O4/c1-3-2-4(18-14-3)7-13-6(9(10,11)12)5(17-7)8(15)16/h2H,1H3,(H,15,16). The molecular formula is C9H5F3N2O4. The lowest BCUT2D eigenvalue weighted by Gasteiger charge is -2.00. The average Bonchev–Trinajstić information content (AvgIpc) is 2.81. The van der Waals surface area contributed by atoms with E-state index in [4.69, 9.17) is 5.11 Å². The molecule has 96 valence electrons. The molecule has 0 bridgehead atoms. The summed E-state index contributed by atoms with van der Waals surface area (Å²) in [5.41, 5.74) is -1.22. The number of rotatable bonds is 2. The van der Waals surface area contributed by atoms with Crippen LogP contribution >= 0.6 is 0 Å². The molecule has 0 atom stereocenters. The zero-order valence-corrected chi connectivity index (χ0v) is 8.78. The third kappa shape index (κ3) is 2.06. The molecule has 6 nitrogen and oxygen atoms in total. The Bertz CT molecular complexity index is 599. The van der Waals surface area contributed by atoms with Crippen molar-refractivity contribution < 1.29 is 32.0 Å². The first-order chi connectivity index (χ1) is 8.29. The average molecular weight is 262 g/mol. The number of carboxylic acids is 1. The van der Waals surface area contributed by atoms with Crippen LogP contribution < -0.4 is 0 Å². The van der Waals surface area contributed by atoms with Gasteiger partial charge in [0.15, 0.2) is 5.69 Å². The molecule has 0 radical (unpaired) electrons. The highest BCUT2D eigenvalue weighted by atomic mass is 19.4. The summed E-state index contributed by atoms with van der Waals surface area (Å²) in [7, 11) is 0. The van der Waals surface area contributed by atoms with Crippen molar-refractivity contribution in [2.45, 2.75) is 13.1 Å². The van der Waals surface area contributed by atoms with Gasteiger partial charge in [0.25, 0.3) is 5.89 Å². The number of aromatic nitrogens is 2. The summed E-state index contributed by atoms with van der Waals surface area (Å²) in [6, 6.07) is 1.28. The third-order valence-corrected chi connectivity index (χ3v) is 1.93. The van der Waals surface area contributed by atoms with Crippen molar-refractivity contribution in [2.75, 3.05) is 0 Å². The van der Waals surface area contributed by atoms with Crippen molar-refractivity contribution in [3.05, 3.63) is 23.2 Å². The highest BCUT2D eigenvalue weighted by molar-refractivity contribution is 5.86. The van der Waals surface area contributed by atoms with E-state index < -0.39 is 29.5 Å². The van der Waals surface area contributed by atoms with E-state index >= 15 is 0 Å². The Labute approximate surface area is 97.0 Å². The molecule has 0 aliphatic carbocycles. The van der Waals surface area contributed by atoms with Gasteiger partial charge >= 0.3 is 12.1 Å². The molecule has 2 rings (SSSR count). The van der Waals surface area contributed by atoms with Gasteiger partial charge in [-0.1, -0.05) is 5.16 Å². The summed E-state index contributed by atoms with van der Waals surface area (Å²) < 4.78 is 46.7. The fourth-order valence-corrected chi connectivity index (χ4v) is 1.23. The lowest BCUT2D eigenvalue weighted by molar-refractivity contribution is -0.141. The van der Waals surface area contributed by atoms with Crippen molar-refractivity contribution >= 4 is 5.97 Å². The molecule has 0 unspecified atom stereocenters. The van der Waals surface area contributed by atoms with Gasteiger partial charge in [-0.05, 0) is 6.92 Å². The van der Waals surface area contributed by atoms with Crippen LogP contribution in [0.4, 0.5) is 13.2 Å². The van der Waals surface area contributed by atoms with Gasteiger partial charge in [0, 0.05) is 6.07 Å². The van der Waals surface area contributed by atoms with Gasteiger partial charge in [0.2, 0.25) is 11.5 Å². The van der Waals surface area contributed by atoms with E-state index in [0.717, 1.165) is 0 Å². The van der Waals surface area contributed by atoms with Gasteiger partial charge in [-0.3, -0.25) is 0 Å². The second kappa shape index (κ2) is 3.86. The van der Waals surface area contributed by atoms with Crippen molar-refractivity contribution in [1.29, 1.82) is 0 Å². The predicted molar refractivity (Wildman–Crippen MR) is 48.7 cm³/mol. The van der Waals surface area contributed by atoms with Crippen molar-refractivity contribution in [3.8, 4) is 11.7 Å². The van der Waals surface area contributed by atoms with Gasteiger partial charge in [0.1, 0.15) is 0 Å². The molecule has 2 heterocycles. The van der Waals surface area contributed by atoms with E-state index in [1.165, 1.54) is 6.07 Å². The Kier molecular flexibility index (Phi) is 2.60. The Morgan fingerprint density at radius 1 is 1.44 bits per heavy atom. The fourth-order valence-electron chi connectivity index (χ4n) is 1.23. The number of nitrogens with zero attached hydrogens (tertiary/aromatic N) is 2. The largest absolute Gasteiger partial charge is 0.475 e. The number of hydrogen-bond donors (Lipinski definition) is 1. The first kappa shape index (κ1) is 12.1. The molecule has 2 aromatic rings. The zero-order valence-electron chi connectivity index (χ0n) is 8.78. The molecule has 0 spiro atoms. The van der Waals surface area contributed by atoms with E-state index in [9.17, 15) is 18.0 Å². The lowest BCUT2D eigenvalue weighted by atomic mass is 10.3. The molecule has 2 aromatic heterocycles. The fraction of sp³-hybridized carbons (Fsp3) is 0.222. The van der Waals surface area contributed by atoms with Gasteiger partial charge in [-0.15, -0.1) is 0 Å². The van der Waals surface area contributed by atoms with Gasteiger partial charge in [-0.25, -0.2) is 9.78 Å². The number of halogens is 3. The molecule has 0 amide bonds. The van der Waals surface area contributed by atoms with E-state index in [1.807, 2.05) is 0 Å². The monoisotopic (exact) mass is 262 g/mol. The molecule has 1 N–H and O–H groups in total. The summed E-state index contributed by atoms with van der Waals surface area (Å²) in [6.45, 7) is 1.54. The van der Waals surface area contributed by atoms with E-state index in [2.05, 4.69) is 19.1 Å². The maximum Gasteiger partial charge on any atom is 0.437 e. The SMILES string of the molecule is Cc1cc(-c2nc(C(F)(F)F)c(C(=O)O)o2)on1. The second-order valence-corrected chi connectivity index (χ2v) is 3.33.